The second kappa shape index (κ2) is 16.0. The zero-order valence-corrected chi connectivity index (χ0v) is 22.8. The van der Waals surface area contributed by atoms with Crippen LogP contribution in [0.4, 0.5) is 13.2 Å². The highest BCUT2D eigenvalue weighted by Crippen LogP contribution is 2.34. The van der Waals surface area contributed by atoms with Crippen LogP contribution in [0.3, 0.4) is 0 Å². The Morgan fingerprint density at radius 3 is 2.17 bits per heavy atom. The fourth-order valence-corrected chi connectivity index (χ4v) is 4.52. The molecule has 1 aliphatic rings. The highest BCUT2D eigenvalue weighted by Gasteiger charge is 2.29. The first kappa shape index (κ1) is 31.1. The Morgan fingerprint density at radius 2 is 1.52 bits per heavy atom. The van der Waals surface area contributed by atoms with Crippen molar-refractivity contribution in [2.45, 2.75) is 70.3 Å². The number of amides is 2. The van der Waals surface area contributed by atoms with Gasteiger partial charge in [0.15, 0.2) is 28.9 Å². The van der Waals surface area contributed by atoms with Crippen LogP contribution in [0.15, 0.2) is 24.3 Å². The third kappa shape index (κ3) is 8.51. The van der Waals surface area contributed by atoms with E-state index in [9.17, 15) is 22.8 Å². The Hall–Kier alpha value is -3.47. The van der Waals surface area contributed by atoms with Gasteiger partial charge in [-0.3, -0.25) is 9.59 Å². The van der Waals surface area contributed by atoms with Gasteiger partial charge in [0.2, 0.25) is 18.5 Å². The van der Waals surface area contributed by atoms with E-state index in [1.54, 1.807) is 12.1 Å². The van der Waals surface area contributed by atoms with Gasteiger partial charge in [0.1, 0.15) is 6.04 Å². The van der Waals surface area contributed by atoms with E-state index in [0.717, 1.165) is 45.8 Å². The van der Waals surface area contributed by atoms with Crippen LogP contribution in [0.5, 0.6) is 17.2 Å². The molecule has 40 heavy (non-hydrogen) atoms. The molecule has 4 N–H and O–H groups in total. The fourth-order valence-electron chi connectivity index (χ4n) is 4.52. The average Bonchev–Trinajstić information content (AvgIpc) is 3.42. The van der Waals surface area contributed by atoms with Crippen molar-refractivity contribution in [3.63, 3.8) is 0 Å². The number of rotatable bonds is 17. The van der Waals surface area contributed by atoms with Gasteiger partial charge in [-0.15, -0.1) is 0 Å². The van der Waals surface area contributed by atoms with Gasteiger partial charge in [0, 0.05) is 6.54 Å². The Morgan fingerprint density at radius 1 is 0.900 bits per heavy atom. The molecule has 8 nitrogen and oxygen atoms in total. The summed E-state index contributed by atoms with van der Waals surface area (Å²) in [6, 6.07) is 3.85. The molecular formula is C29H38F3N3O5. The lowest BCUT2D eigenvalue weighted by Gasteiger charge is -2.20. The smallest absolute Gasteiger partial charge is 0.255 e. The molecule has 11 heteroatoms. The molecule has 3 rings (SSSR count). The highest BCUT2D eigenvalue weighted by molar-refractivity contribution is 5.98. The summed E-state index contributed by atoms with van der Waals surface area (Å²) in [4.78, 5) is 26.1. The Labute approximate surface area is 232 Å². The quantitative estimate of drug-likeness (QED) is 0.178. The normalized spacial score (nSPS) is 12.7. The van der Waals surface area contributed by atoms with E-state index in [2.05, 4.69) is 15.4 Å². The fraction of sp³-hybridized carbons (Fsp3) is 0.517. The largest absolute Gasteiger partial charge is 0.491 e. The minimum Gasteiger partial charge on any atom is -0.491 e. The Bertz CT molecular complexity index is 1150. The number of carbonyl (C=O) groups excluding carboxylic acids is 2. The molecule has 1 unspecified atom stereocenters. The number of benzene rings is 2. The Kier molecular flexibility index (Phi) is 12.4. The van der Waals surface area contributed by atoms with Gasteiger partial charge in [-0.05, 0) is 43.1 Å². The molecule has 2 aromatic carbocycles. The summed E-state index contributed by atoms with van der Waals surface area (Å²) in [6.07, 6.45) is 11.0. The third-order valence-electron chi connectivity index (χ3n) is 6.76. The number of halogens is 3. The number of hydrogen-bond acceptors (Lipinski definition) is 6. The summed E-state index contributed by atoms with van der Waals surface area (Å²) in [5, 5.41) is 5.24. The van der Waals surface area contributed by atoms with E-state index in [4.69, 9.17) is 15.2 Å². The van der Waals surface area contributed by atoms with Crippen LogP contribution in [0.25, 0.3) is 0 Å². The van der Waals surface area contributed by atoms with E-state index < -0.39 is 46.6 Å². The zero-order valence-electron chi connectivity index (χ0n) is 22.8. The monoisotopic (exact) mass is 565 g/mol. The first-order valence-corrected chi connectivity index (χ1v) is 13.8. The number of unbranched alkanes of at least 4 members (excludes halogenated alkanes) is 9. The van der Waals surface area contributed by atoms with Crippen molar-refractivity contribution in [3.05, 3.63) is 52.8 Å². The topological polar surface area (TPSA) is 112 Å². The molecule has 1 atom stereocenters. The van der Waals surface area contributed by atoms with Crippen molar-refractivity contribution < 1.29 is 37.0 Å². The van der Waals surface area contributed by atoms with Crippen LogP contribution < -0.4 is 30.6 Å². The van der Waals surface area contributed by atoms with Crippen molar-refractivity contribution in [1.29, 1.82) is 0 Å². The van der Waals surface area contributed by atoms with Crippen LogP contribution in [0.1, 0.15) is 86.2 Å². The maximum atomic E-state index is 14.7. The average molecular weight is 566 g/mol. The summed E-state index contributed by atoms with van der Waals surface area (Å²) in [5.41, 5.74) is 5.05. The van der Waals surface area contributed by atoms with Crippen molar-refractivity contribution in [1.82, 2.24) is 10.6 Å². The van der Waals surface area contributed by atoms with Crippen LogP contribution in [0, 0.1) is 17.5 Å². The molecule has 0 fully saturated rings. The van der Waals surface area contributed by atoms with Crippen molar-refractivity contribution in [2.75, 3.05) is 27.0 Å². The second-order valence-corrected chi connectivity index (χ2v) is 9.70. The van der Waals surface area contributed by atoms with Gasteiger partial charge in [-0.25, -0.2) is 8.78 Å². The van der Waals surface area contributed by atoms with Gasteiger partial charge in [-0.1, -0.05) is 57.4 Å². The second-order valence-electron chi connectivity index (χ2n) is 9.70. The molecule has 1 heterocycles. The number of ether oxygens (including phenoxy) is 3. The van der Waals surface area contributed by atoms with Gasteiger partial charge < -0.3 is 30.6 Å². The molecule has 0 saturated carbocycles. The molecule has 2 aromatic rings. The molecule has 2 amide bonds. The van der Waals surface area contributed by atoms with Crippen molar-refractivity contribution >= 4 is 11.8 Å². The number of fused-ring (bicyclic) bond motifs is 1. The van der Waals surface area contributed by atoms with Gasteiger partial charge in [0.05, 0.1) is 12.7 Å². The lowest BCUT2D eigenvalue weighted by Crippen LogP contribution is -2.41. The number of nitrogens with one attached hydrogen (secondary N) is 2. The molecule has 0 radical (unpaired) electrons. The predicted molar refractivity (Wildman–Crippen MR) is 144 cm³/mol. The van der Waals surface area contributed by atoms with E-state index >= 15 is 0 Å². The van der Waals surface area contributed by atoms with Crippen LogP contribution in [-0.4, -0.2) is 38.8 Å². The maximum absolute atomic E-state index is 14.7. The summed E-state index contributed by atoms with van der Waals surface area (Å²) < 4.78 is 57.9. The van der Waals surface area contributed by atoms with E-state index in [1.807, 2.05) is 0 Å². The number of methoxy groups -OCH3 is 1. The summed E-state index contributed by atoms with van der Waals surface area (Å²) in [6.45, 7) is 1.14. The van der Waals surface area contributed by atoms with E-state index in [-0.39, 0.29) is 6.79 Å². The number of hydrogen-bond donors (Lipinski definition) is 3. The molecule has 0 spiro atoms. The van der Waals surface area contributed by atoms with E-state index in [0.29, 0.717) is 29.7 Å². The number of carbonyl (C=O) groups is 2. The Balaban J connectivity index is 1.58. The summed E-state index contributed by atoms with van der Waals surface area (Å²) in [7, 11) is 0.955. The molecular weight excluding hydrogens is 527 g/mol. The van der Waals surface area contributed by atoms with Gasteiger partial charge in [0.25, 0.3) is 5.91 Å². The molecule has 0 aliphatic carbocycles. The minimum absolute atomic E-state index is 0.0101. The van der Waals surface area contributed by atoms with Gasteiger partial charge in [-0.2, -0.15) is 4.39 Å². The van der Waals surface area contributed by atoms with Crippen LogP contribution in [0.2, 0.25) is 0 Å². The SMILES string of the molecule is COc1c(F)c(F)cc(C(=O)NC(C(=O)NCCCCCCCCCCCCN)c2ccc3c(c2)OCO3)c1F. The molecule has 0 saturated heterocycles. The highest BCUT2D eigenvalue weighted by atomic mass is 19.2. The standard InChI is InChI=1S/C29H38F3N3O5/c1-38-27-24(31)20(17-21(30)25(27)32)28(36)35-26(19-12-13-22-23(16-19)40-18-39-22)29(37)34-15-11-9-7-5-3-2-4-6-8-10-14-33/h12-13,16-17,26H,2-11,14-15,18,33H2,1H3,(H,34,37)(H,35,36). The zero-order chi connectivity index (χ0) is 28.9. The summed E-state index contributed by atoms with van der Waals surface area (Å²) in [5.74, 6) is -6.22. The molecule has 1 aliphatic heterocycles. The van der Waals surface area contributed by atoms with Crippen LogP contribution in [-0.2, 0) is 4.79 Å². The third-order valence-corrected chi connectivity index (χ3v) is 6.76. The molecule has 0 aromatic heterocycles. The lowest BCUT2D eigenvalue weighted by molar-refractivity contribution is -0.123. The first-order chi connectivity index (χ1) is 19.4. The van der Waals surface area contributed by atoms with Crippen molar-refractivity contribution in [3.8, 4) is 17.2 Å². The first-order valence-electron chi connectivity index (χ1n) is 13.8. The maximum Gasteiger partial charge on any atom is 0.255 e. The predicted octanol–water partition coefficient (Wildman–Crippen LogP) is 5.29. The lowest BCUT2D eigenvalue weighted by atomic mass is 10.0. The van der Waals surface area contributed by atoms with Crippen molar-refractivity contribution in [2.24, 2.45) is 5.73 Å². The number of nitrogens with two attached hydrogens (primary N) is 1. The van der Waals surface area contributed by atoms with Gasteiger partial charge >= 0.3 is 0 Å². The van der Waals surface area contributed by atoms with E-state index in [1.165, 1.54) is 38.2 Å². The minimum atomic E-state index is -1.55. The summed E-state index contributed by atoms with van der Waals surface area (Å²) >= 11 is 0. The molecule has 0 bridgehead atoms. The van der Waals surface area contributed by atoms with Crippen LogP contribution >= 0.6 is 0 Å². The molecule has 220 valence electrons.